The Balaban J connectivity index is 1.68. The zero-order chi connectivity index (χ0) is 19.5. The maximum absolute atomic E-state index is 12.9. The molecule has 1 unspecified atom stereocenters. The minimum Gasteiger partial charge on any atom is -0.508 e. The van der Waals surface area contributed by atoms with Crippen molar-refractivity contribution in [3.05, 3.63) is 83.7 Å². The van der Waals surface area contributed by atoms with Crippen molar-refractivity contribution >= 4 is 17.3 Å². The van der Waals surface area contributed by atoms with E-state index in [4.69, 9.17) is 5.26 Å². The van der Waals surface area contributed by atoms with Crippen molar-refractivity contribution in [2.75, 3.05) is 10.2 Å². The number of fused-ring (bicyclic) bond motifs is 1. The zero-order valence-corrected chi connectivity index (χ0v) is 15.0. The van der Waals surface area contributed by atoms with Crippen molar-refractivity contribution in [1.29, 1.82) is 5.26 Å². The smallest absolute Gasteiger partial charge is 0.247 e. The summed E-state index contributed by atoms with van der Waals surface area (Å²) in [7, 11) is 0. The van der Waals surface area contributed by atoms with Crippen molar-refractivity contribution in [3.8, 4) is 11.8 Å². The maximum atomic E-state index is 12.9. The Morgan fingerprint density at radius 1 is 1.11 bits per heavy atom. The molecule has 0 saturated heterocycles. The molecule has 6 heteroatoms. The minimum atomic E-state index is -0.420. The fraction of sp³-hybridized carbons (Fsp3) is 0.136. The van der Waals surface area contributed by atoms with E-state index in [2.05, 4.69) is 16.4 Å². The summed E-state index contributed by atoms with van der Waals surface area (Å²) < 4.78 is 0. The third-order valence-electron chi connectivity index (χ3n) is 4.80. The van der Waals surface area contributed by atoms with Crippen LogP contribution >= 0.6 is 0 Å². The van der Waals surface area contributed by atoms with E-state index >= 15 is 0 Å². The van der Waals surface area contributed by atoms with E-state index in [-0.39, 0.29) is 11.7 Å². The number of carbonyl (C=O) groups is 1. The van der Waals surface area contributed by atoms with Crippen LogP contribution in [0.1, 0.15) is 16.8 Å². The molecule has 1 aliphatic rings. The quantitative estimate of drug-likeness (QED) is 0.736. The summed E-state index contributed by atoms with van der Waals surface area (Å²) in [5.41, 5.74) is 3.93. The van der Waals surface area contributed by atoms with Crippen LogP contribution in [0.25, 0.3) is 0 Å². The first-order chi connectivity index (χ1) is 13.6. The fourth-order valence-corrected chi connectivity index (χ4v) is 3.37. The molecule has 2 heterocycles. The average Bonchev–Trinajstić information content (AvgIpc) is 2.72. The number of benzene rings is 2. The summed E-state index contributed by atoms with van der Waals surface area (Å²) in [6, 6.07) is 19.7. The number of amides is 1. The molecule has 0 radical (unpaired) electrons. The maximum Gasteiger partial charge on any atom is 0.247 e. The van der Waals surface area contributed by atoms with E-state index in [0.29, 0.717) is 18.5 Å². The number of carbonyl (C=O) groups excluding carboxylic acids is 1. The van der Waals surface area contributed by atoms with Gasteiger partial charge in [0.15, 0.2) is 0 Å². The number of hydrogen-bond donors (Lipinski definition) is 2. The third-order valence-corrected chi connectivity index (χ3v) is 4.80. The molecule has 0 bridgehead atoms. The number of para-hydroxylation sites is 2. The summed E-state index contributed by atoms with van der Waals surface area (Å²) in [5, 5.41) is 21.5. The second-order valence-corrected chi connectivity index (χ2v) is 6.67. The van der Waals surface area contributed by atoms with Crippen LogP contribution in [0.4, 0.5) is 11.4 Å². The molecule has 28 heavy (non-hydrogen) atoms. The molecule has 1 aliphatic heterocycles. The number of aromatic hydroxyl groups is 1. The van der Waals surface area contributed by atoms with Gasteiger partial charge in [0.05, 0.1) is 29.2 Å². The van der Waals surface area contributed by atoms with E-state index in [1.54, 1.807) is 24.4 Å². The predicted octanol–water partition coefficient (Wildman–Crippen LogP) is 3.23. The summed E-state index contributed by atoms with van der Waals surface area (Å²) in [6.07, 6.45) is 2.04. The van der Waals surface area contributed by atoms with Crippen molar-refractivity contribution in [3.63, 3.8) is 0 Å². The van der Waals surface area contributed by atoms with Gasteiger partial charge in [-0.3, -0.25) is 9.78 Å². The normalized spacial score (nSPS) is 15.5. The first kappa shape index (κ1) is 17.6. The lowest BCUT2D eigenvalue weighted by Crippen LogP contribution is -2.49. The molecule has 2 N–H and O–H groups in total. The van der Waals surface area contributed by atoms with Gasteiger partial charge >= 0.3 is 0 Å². The highest BCUT2D eigenvalue weighted by molar-refractivity contribution is 6.03. The van der Waals surface area contributed by atoms with Crippen LogP contribution in [-0.4, -0.2) is 22.0 Å². The van der Waals surface area contributed by atoms with Gasteiger partial charge in [-0.15, -0.1) is 0 Å². The Hall–Kier alpha value is -3.85. The second kappa shape index (κ2) is 7.41. The van der Waals surface area contributed by atoms with E-state index < -0.39 is 6.04 Å². The van der Waals surface area contributed by atoms with Crippen molar-refractivity contribution < 1.29 is 9.90 Å². The molecule has 0 saturated carbocycles. The standard InChI is InChI=1S/C22H18N4O2/c23-12-16-5-8-17(24-13-16)14-26-20-4-2-1-3-19(20)25-22(28)21(26)11-15-6-9-18(27)10-7-15/h1-10,13,21,27H,11,14H2,(H,25,28). The Morgan fingerprint density at radius 3 is 2.61 bits per heavy atom. The first-order valence-electron chi connectivity index (χ1n) is 8.93. The minimum absolute atomic E-state index is 0.0829. The van der Waals surface area contributed by atoms with Crippen LogP contribution in [-0.2, 0) is 17.8 Å². The third kappa shape index (κ3) is 3.51. The number of pyridine rings is 1. The number of phenolic OH excluding ortho intramolecular Hbond substituents is 1. The van der Waals surface area contributed by atoms with Gasteiger partial charge in [0, 0.05) is 12.6 Å². The highest BCUT2D eigenvalue weighted by Gasteiger charge is 2.33. The summed E-state index contributed by atoms with van der Waals surface area (Å²) in [5.74, 6) is 0.112. The predicted molar refractivity (Wildman–Crippen MR) is 106 cm³/mol. The molecule has 0 spiro atoms. The number of rotatable bonds is 4. The second-order valence-electron chi connectivity index (χ2n) is 6.67. The van der Waals surface area contributed by atoms with Gasteiger partial charge in [-0.2, -0.15) is 5.26 Å². The van der Waals surface area contributed by atoms with Crippen LogP contribution in [0.2, 0.25) is 0 Å². The lowest BCUT2D eigenvalue weighted by atomic mass is 9.99. The monoisotopic (exact) mass is 370 g/mol. The molecular weight excluding hydrogens is 352 g/mol. The van der Waals surface area contributed by atoms with Gasteiger partial charge in [-0.1, -0.05) is 24.3 Å². The summed E-state index contributed by atoms with van der Waals surface area (Å²) >= 11 is 0. The topological polar surface area (TPSA) is 89.2 Å². The Bertz CT molecular complexity index is 1040. The zero-order valence-electron chi connectivity index (χ0n) is 15.0. The lowest BCUT2D eigenvalue weighted by Gasteiger charge is -2.38. The summed E-state index contributed by atoms with van der Waals surface area (Å²) in [6.45, 7) is 0.443. The Morgan fingerprint density at radius 2 is 1.89 bits per heavy atom. The molecule has 4 rings (SSSR count). The van der Waals surface area contributed by atoms with Crippen LogP contribution in [0, 0.1) is 11.3 Å². The van der Waals surface area contributed by atoms with Gasteiger partial charge in [0.25, 0.3) is 0 Å². The number of anilines is 2. The molecule has 138 valence electrons. The number of nitrogens with zero attached hydrogens (tertiary/aromatic N) is 3. The molecule has 0 fully saturated rings. The molecule has 3 aromatic rings. The number of aromatic nitrogens is 1. The lowest BCUT2D eigenvalue weighted by molar-refractivity contribution is -0.117. The molecule has 1 aromatic heterocycles. The molecule has 2 aromatic carbocycles. The highest BCUT2D eigenvalue weighted by atomic mass is 16.3. The van der Waals surface area contributed by atoms with Crippen LogP contribution < -0.4 is 10.2 Å². The van der Waals surface area contributed by atoms with Gasteiger partial charge < -0.3 is 15.3 Å². The highest BCUT2D eigenvalue weighted by Crippen LogP contribution is 2.34. The Kier molecular flexibility index (Phi) is 4.65. The van der Waals surface area contributed by atoms with E-state index in [9.17, 15) is 9.90 Å². The molecule has 0 aliphatic carbocycles. The molecular formula is C22H18N4O2. The van der Waals surface area contributed by atoms with Crippen molar-refractivity contribution in [2.24, 2.45) is 0 Å². The largest absolute Gasteiger partial charge is 0.508 e. The van der Waals surface area contributed by atoms with Crippen molar-refractivity contribution in [2.45, 2.75) is 19.0 Å². The van der Waals surface area contributed by atoms with Gasteiger partial charge in [-0.05, 0) is 42.0 Å². The van der Waals surface area contributed by atoms with Crippen LogP contribution in [0.3, 0.4) is 0 Å². The van der Waals surface area contributed by atoms with Crippen molar-refractivity contribution in [1.82, 2.24) is 4.98 Å². The van der Waals surface area contributed by atoms with E-state index in [1.807, 2.05) is 47.4 Å². The van der Waals surface area contributed by atoms with Gasteiger partial charge in [0.1, 0.15) is 17.9 Å². The van der Waals surface area contributed by atoms with Gasteiger partial charge in [0.2, 0.25) is 5.91 Å². The molecule has 1 atom stereocenters. The fourth-order valence-electron chi connectivity index (χ4n) is 3.37. The number of nitriles is 1. The van der Waals surface area contributed by atoms with Crippen LogP contribution in [0.5, 0.6) is 5.75 Å². The first-order valence-corrected chi connectivity index (χ1v) is 8.93. The van der Waals surface area contributed by atoms with E-state index in [1.165, 1.54) is 0 Å². The SMILES string of the molecule is N#Cc1ccc(CN2c3ccccc3NC(=O)C2Cc2ccc(O)cc2)nc1. The molecule has 1 amide bonds. The Labute approximate surface area is 162 Å². The van der Waals surface area contributed by atoms with Crippen LogP contribution in [0.15, 0.2) is 66.9 Å². The average molecular weight is 370 g/mol. The molecule has 6 nitrogen and oxygen atoms in total. The number of nitrogens with one attached hydrogen (secondary N) is 1. The summed E-state index contributed by atoms with van der Waals surface area (Å²) in [4.78, 5) is 19.3. The van der Waals surface area contributed by atoms with E-state index in [0.717, 1.165) is 22.6 Å². The number of hydrogen-bond acceptors (Lipinski definition) is 5. The van der Waals surface area contributed by atoms with Gasteiger partial charge in [-0.25, -0.2) is 0 Å². The number of phenols is 1.